The summed E-state index contributed by atoms with van der Waals surface area (Å²) in [5.74, 6) is -1.79. The van der Waals surface area contributed by atoms with Gasteiger partial charge in [-0.1, -0.05) is 259 Å². The molecular formula is C67H135N7O8. The van der Waals surface area contributed by atoms with Crippen molar-refractivity contribution in [3.63, 3.8) is 0 Å². The minimum atomic E-state index is -1.32. The lowest BCUT2D eigenvalue weighted by Gasteiger charge is -2.28. The van der Waals surface area contributed by atoms with Gasteiger partial charge in [0.25, 0.3) is 0 Å². The molecule has 8 N–H and O–H groups in total. The van der Waals surface area contributed by atoms with E-state index in [1.807, 2.05) is 7.05 Å². The second kappa shape index (κ2) is 60.3. The molecule has 82 heavy (non-hydrogen) atoms. The lowest BCUT2D eigenvalue weighted by molar-refractivity contribution is -0.133. The lowest BCUT2D eigenvalue weighted by atomic mass is 10.1. The Labute approximate surface area is 504 Å². The van der Waals surface area contributed by atoms with Gasteiger partial charge in [-0.05, 0) is 71.8 Å². The Morgan fingerprint density at radius 3 is 0.622 bits per heavy atom. The van der Waals surface area contributed by atoms with Crippen LogP contribution < -0.4 is 21.3 Å². The third-order valence-corrected chi connectivity index (χ3v) is 16.3. The van der Waals surface area contributed by atoms with Crippen molar-refractivity contribution >= 4 is 23.6 Å². The highest BCUT2D eigenvalue weighted by Crippen LogP contribution is 2.15. The summed E-state index contributed by atoms with van der Waals surface area (Å²) in [5.41, 5.74) is 0. The van der Waals surface area contributed by atoms with Crippen LogP contribution in [0, 0.1) is 0 Å². The number of carbonyl (C=O) groups excluding carboxylic acids is 4. The molecule has 15 heteroatoms. The van der Waals surface area contributed by atoms with Crippen molar-refractivity contribution in [2.24, 2.45) is 0 Å². The number of hydrogen-bond acceptors (Lipinski definition) is 11. The van der Waals surface area contributed by atoms with Gasteiger partial charge in [0, 0.05) is 52.4 Å². The third-order valence-electron chi connectivity index (χ3n) is 16.3. The summed E-state index contributed by atoms with van der Waals surface area (Å²) in [4.78, 5) is 58.1. The predicted octanol–water partition coefficient (Wildman–Crippen LogP) is 11.9. The second-order valence-corrected chi connectivity index (χ2v) is 24.5. The molecule has 0 aromatic heterocycles. The van der Waals surface area contributed by atoms with E-state index in [1.165, 1.54) is 180 Å². The van der Waals surface area contributed by atoms with Crippen LogP contribution in [0.5, 0.6) is 0 Å². The molecule has 4 atom stereocenters. The summed E-state index contributed by atoms with van der Waals surface area (Å²) < 4.78 is 0. The SMILES string of the molecule is CCCCCCCCCCCCNC(=O)C(O)CN(CCCN(C)CCCN(CC(O)C(=O)NCCCCCCCCCCCC)CC(O)C(=O)NCCCCCCCCCCCC)CC(O)C(=O)NCCCCCCCCCCCC. The fourth-order valence-corrected chi connectivity index (χ4v) is 10.8. The van der Waals surface area contributed by atoms with Crippen LogP contribution in [0.3, 0.4) is 0 Å². The first-order valence-corrected chi connectivity index (χ1v) is 34.9. The highest BCUT2D eigenvalue weighted by Gasteiger charge is 2.26. The van der Waals surface area contributed by atoms with Crippen molar-refractivity contribution in [1.82, 2.24) is 36.0 Å². The van der Waals surface area contributed by atoms with Crippen molar-refractivity contribution < 1.29 is 39.6 Å². The molecule has 0 aromatic carbocycles. The van der Waals surface area contributed by atoms with Crippen molar-refractivity contribution in [1.29, 1.82) is 0 Å². The topological polar surface area (TPSA) is 207 Å². The van der Waals surface area contributed by atoms with Crippen LogP contribution in [-0.4, -0.2) is 169 Å². The first-order chi connectivity index (χ1) is 39.9. The number of hydrogen-bond donors (Lipinski definition) is 8. The van der Waals surface area contributed by atoms with E-state index in [9.17, 15) is 39.6 Å². The standard InChI is InChI=1S/C67H135N7O8/c1-6-10-14-18-22-26-30-34-38-42-48-68-64(79)60(75)56-73(57-61(76)65(80)69-49-43-39-35-31-27-23-19-15-11-7-2)54-46-52-72(5)53-47-55-74(58-62(77)66(81)70-50-44-40-36-32-28-24-20-16-12-8-3)59-63(78)67(82)71-51-45-41-37-33-29-25-21-17-13-9-4/h60-63,75-78H,6-59H2,1-5H3,(H,68,79)(H,69,80)(H,70,81)(H,71,82). The Kier molecular flexibility index (Phi) is 58.5. The van der Waals surface area contributed by atoms with Gasteiger partial charge in [-0.15, -0.1) is 0 Å². The van der Waals surface area contributed by atoms with Gasteiger partial charge in [-0.2, -0.15) is 0 Å². The van der Waals surface area contributed by atoms with Gasteiger partial charge in [0.1, 0.15) is 24.4 Å². The summed E-state index contributed by atoms with van der Waals surface area (Å²) >= 11 is 0. The second-order valence-electron chi connectivity index (χ2n) is 24.5. The molecule has 0 aliphatic heterocycles. The number of nitrogens with one attached hydrogen (secondary N) is 4. The number of aliphatic hydroxyl groups excluding tert-OH is 4. The zero-order chi connectivity index (χ0) is 60.4. The van der Waals surface area contributed by atoms with Gasteiger partial charge in [-0.3, -0.25) is 29.0 Å². The van der Waals surface area contributed by atoms with E-state index in [1.54, 1.807) is 9.80 Å². The molecule has 15 nitrogen and oxygen atoms in total. The molecule has 0 aliphatic carbocycles. The normalized spacial score (nSPS) is 13.2. The van der Waals surface area contributed by atoms with E-state index < -0.39 is 48.0 Å². The first kappa shape index (κ1) is 79.6. The maximum atomic E-state index is 13.1. The molecule has 0 spiro atoms. The largest absolute Gasteiger partial charge is 0.382 e. The maximum absolute atomic E-state index is 13.1. The number of nitrogens with zero attached hydrogens (tertiary/aromatic N) is 3. The van der Waals surface area contributed by atoms with Crippen LogP contribution in [0.15, 0.2) is 0 Å². The van der Waals surface area contributed by atoms with Gasteiger partial charge in [0.2, 0.25) is 23.6 Å². The Morgan fingerprint density at radius 1 is 0.268 bits per heavy atom. The molecule has 0 saturated carbocycles. The van der Waals surface area contributed by atoms with E-state index in [0.29, 0.717) is 65.2 Å². The molecular weight excluding hydrogens is 1030 g/mol. The van der Waals surface area contributed by atoms with Crippen molar-refractivity contribution in [3.8, 4) is 0 Å². The molecule has 4 unspecified atom stereocenters. The first-order valence-electron chi connectivity index (χ1n) is 34.9. The van der Waals surface area contributed by atoms with E-state index in [4.69, 9.17) is 0 Å². The average Bonchev–Trinajstić information content (AvgIpc) is 3.47. The Morgan fingerprint density at radius 2 is 0.439 bits per heavy atom. The van der Waals surface area contributed by atoms with Gasteiger partial charge in [0.05, 0.1) is 0 Å². The van der Waals surface area contributed by atoms with E-state index >= 15 is 0 Å². The van der Waals surface area contributed by atoms with Gasteiger partial charge in [-0.25, -0.2) is 0 Å². The number of amides is 4. The average molecular weight is 1170 g/mol. The molecule has 4 amide bonds. The van der Waals surface area contributed by atoms with Crippen LogP contribution in [0.2, 0.25) is 0 Å². The number of carbonyl (C=O) groups is 4. The minimum absolute atomic E-state index is 0.0182. The van der Waals surface area contributed by atoms with Crippen LogP contribution in [0.1, 0.15) is 297 Å². The van der Waals surface area contributed by atoms with Crippen LogP contribution in [0.25, 0.3) is 0 Å². The quantitative estimate of drug-likeness (QED) is 0.0269. The zero-order valence-corrected chi connectivity index (χ0v) is 54.3. The third kappa shape index (κ3) is 52.0. The molecule has 0 heterocycles. The van der Waals surface area contributed by atoms with Crippen LogP contribution in [-0.2, 0) is 19.2 Å². The summed E-state index contributed by atoms with van der Waals surface area (Å²) in [7, 11) is 1.99. The lowest BCUT2D eigenvalue weighted by Crippen LogP contribution is -2.49. The fourth-order valence-electron chi connectivity index (χ4n) is 10.8. The van der Waals surface area contributed by atoms with E-state index in [2.05, 4.69) is 53.9 Å². The number of rotatable bonds is 64. The van der Waals surface area contributed by atoms with Crippen molar-refractivity contribution in [2.45, 2.75) is 322 Å². The summed E-state index contributed by atoms with van der Waals surface area (Å²) in [5, 5.41) is 55.9. The summed E-state index contributed by atoms with van der Waals surface area (Å²) in [6, 6.07) is 0. The Hall–Kier alpha value is -2.40. The number of aliphatic hydroxyl groups is 4. The van der Waals surface area contributed by atoms with Crippen LogP contribution >= 0.6 is 0 Å². The molecule has 0 aromatic rings. The van der Waals surface area contributed by atoms with Gasteiger partial charge >= 0.3 is 0 Å². The summed E-state index contributed by atoms with van der Waals surface area (Å²) in [6.07, 6.45) is 43.8. The van der Waals surface area contributed by atoms with Gasteiger partial charge in [0.15, 0.2) is 0 Å². The molecule has 0 fully saturated rings. The van der Waals surface area contributed by atoms with Crippen molar-refractivity contribution in [2.75, 3.05) is 85.6 Å². The smallest absolute Gasteiger partial charge is 0.250 e. The Balaban J connectivity index is 5.42. The molecule has 0 aliphatic rings. The number of unbranched alkanes of at least 4 members (excludes halogenated alkanes) is 36. The van der Waals surface area contributed by atoms with E-state index in [-0.39, 0.29) is 26.2 Å². The molecule has 486 valence electrons. The zero-order valence-electron chi connectivity index (χ0n) is 54.3. The van der Waals surface area contributed by atoms with Crippen molar-refractivity contribution in [3.05, 3.63) is 0 Å². The summed E-state index contributed by atoms with van der Waals surface area (Å²) in [6.45, 7) is 13.0. The fraction of sp³-hybridized carbons (Fsp3) is 0.940. The maximum Gasteiger partial charge on any atom is 0.250 e. The highest BCUT2D eigenvalue weighted by atomic mass is 16.3. The molecule has 0 saturated heterocycles. The predicted molar refractivity (Wildman–Crippen MR) is 343 cm³/mol. The molecule has 0 bridgehead atoms. The monoisotopic (exact) mass is 1170 g/mol. The van der Waals surface area contributed by atoms with Gasteiger partial charge < -0.3 is 46.6 Å². The Bertz CT molecular complexity index is 1240. The highest BCUT2D eigenvalue weighted by molar-refractivity contribution is 5.82. The molecule has 0 rings (SSSR count). The minimum Gasteiger partial charge on any atom is -0.382 e. The van der Waals surface area contributed by atoms with Crippen LogP contribution in [0.4, 0.5) is 0 Å². The molecule has 0 radical (unpaired) electrons. The van der Waals surface area contributed by atoms with E-state index in [0.717, 1.165) is 77.0 Å².